The third-order valence-corrected chi connectivity index (χ3v) is 3.86. The van der Waals surface area contributed by atoms with Crippen LogP contribution < -0.4 is 0 Å². The van der Waals surface area contributed by atoms with Gasteiger partial charge in [0.1, 0.15) is 11.7 Å². The van der Waals surface area contributed by atoms with Crippen LogP contribution >= 0.6 is 11.3 Å². The minimum absolute atomic E-state index is 0.257. The van der Waals surface area contributed by atoms with Gasteiger partial charge in [-0.15, -0.1) is 17.8 Å². The SMILES string of the molecule is C#Cc1nc(C(=O)N2CCCCC2C(=O)OC)cs1. The molecule has 1 saturated heterocycles. The molecule has 100 valence electrons. The molecule has 0 bridgehead atoms. The van der Waals surface area contributed by atoms with Crippen LogP contribution in [-0.4, -0.2) is 41.5 Å². The summed E-state index contributed by atoms with van der Waals surface area (Å²) in [5, 5.41) is 2.09. The molecule has 0 radical (unpaired) electrons. The Morgan fingerprint density at radius 2 is 2.37 bits per heavy atom. The highest BCUT2D eigenvalue weighted by Crippen LogP contribution is 2.21. The molecule has 1 fully saturated rings. The number of thiazole rings is 1. The molecule has 19 heavy (non-hydrogen) atoms. The number of rotatable bonds is 2. The van der Waals surface area contributed by atoms with E-state index in [4.69, 9.17) is 11.2 Å². The van der Waals surface area contributed by atoms with Gasteiger partial charge in [-0.25, -0.2) is 9.78 Å². The number of esters is 1. The van der Waals surface area contributed by atoms with Crippen molar-refractivity contribution >= 4 is 23.2 Å². The van der Waals surface area contributed by atoms with Gasteiger partial charge < -0.3 is 9.64 Å². The maximum absolute atomic E-state index is 12.4. The number of terminal acetylenes is 1. The van der Waals surface area contributed by atoms with Gasteiger partial charge in [-0.1, -0.05) is 0 Å². The smallest absolute Gasteiger partial charge is 0.328 e. The van der Waals surface area contributed by atoms with Crippen molar-refractivity contribution < 1.29 is 14.3 Å². The van der Waals surface area contributed by atoms with Gasteiger partial charge in [-0.05, 0) is 25.2 Å². The van der Waals surface area contributed by atoms with Gasteiger partial charge in [-0.2, -0.15) is 0 Å². The molecule has 1 aliphatic rings. The maximum atomic E-state index is 12.4. The van der Waals surface area contributed by atoms with Crippen molar-refractivity contribution in [2.45, 2.75) is 25.3 Å². The zero-order valence-corrected chi connectivity index (χ0v) is 11.4. The normalized spacial score (nSPS) is 18.7. The van der Waals surface area contributed by atoms with E-state index in [1.807, 2.05) is 0 Å². The molecule has 1 aliphatic heterocycles. The average Bonchev–Trinajstić information content (AvgIpc) is 2.94. The summed E-state index contributed by atoms with van der Waals surface area (Å²) < 4.78 is 4.75. The van der Waals surface area contributed by atoms with E-state index < -0.39 is 6.04 Å². The van der Waals surface area contributed by atoms with Gasteiger partial charge in [0, 0.05) is 11.9 Å². The van der Waals surface area contributed by atoms with Crippen molar-refractivity contribution in [3.8, 4) is 12.3 Å². The summed E-state index contributed by atoms with van der Waals surface area (Å²) in [7, 11) is 1.33. The van der Waals surface area contributed by atoms with Gasteiger partial charge in [0.25, 0.3) is 5.91 Å². The largest absolute Gasteiger partial charge is 0.467 e. The number of ether oxygens (including phenoxy) is 1. The molecule has 0 spiro atoms. The number of hydrogen-bond donors (Lipinski definition) is 0. The first-order valence-corrected chi connectivity index (χ1v) is 6.86. The first kappa shape index (κ1) is 13.6. The van der Waals surface area contributed by atoms with Crippen LogP contribution in [0.3, 0.4) is 0 Å². The number of nitrogens with zero attached hydrogens (tertiary/aromatic N) is 2. The Morgan fingerprint density at radius 3 is 3.00 bits per heavy atom. The van der Waals surface area contributed by atoms with Gasteiger partial charge >= 0.3 is 5.97 Å². The molecule has 2 heterocycles. The minimum atomic E-state index is -0.512. The number of piperidine rings is 1. The molecule has 0 N–H and O–H groups in total. The molecule has 1 atom stereocenters. The Labute approximate surface area is 115 Å². The summed E-state index contributed by atoms with van der Waals surface area (Å²) in [4.78, 5) is 29.7. The highest BCUT2D eigenvalue weighted by atomic mass is 32.1. The minimum Gasteiger partial charge on any atom is -0.467 e. The first-order chi connectivity index (χ1) is 9.17. The predicted octanol–water partition coefficient (Wildman–Crippen LogP) is 1.29. The Hall–Kier alpha value is -1.87. The van der Waals surface area contributed by atoms with Crippen LogP contribution in [0.4, 0.5) is 0 Å². The summed E-state index contributed by atoms with van der Waals surface area (Å²) in [6.07, 6.45) is 7.66. The molecule has 2 rings (SSSR count). The van der Waals surface area contributed by atoms with Gasteiger partial charge in [0.05, 0.1) is 7.11 Å². The van der Waals surface area contributed by atoms with Crippen LogP contribution in [0.15, 0.2) is 5.38 Å². The second-order valence-electron chi connectivity index (χ2n) is 4.22. The summed E-state index contributed by atoms with van der Waals surface area (Å²) in [6, 6.07) is -0.512. The standard InChI is InChI=1S/C13H14N2O3S/c1-3-11-14-9(8-19-11)12(16)15-7-5-4-6-10(15)13(17)18-2/h1,8,10H,4-7H2,2H3. The number of amides is 1. The van der Waals surface area contributed by atoms with Crippen LogP contribution in [0, 0.1) is 12.3 Å². The van der Waals surface area contributed by atoms with Crippen molar-refractivity contribution in [1.82, 2.24) is 9.88 Å². The second kappa shape index (κ2) is 5.85. The lowest BCUT2D eigenvalue weighted by atomic mass is 10.0. The fraction of sp³-hybridized carbons (Fsp3) is 0.462. The third-order valence-electron chi connectivity index (χ3n) is 3.08. The molecule has 1 amide bonds. The number of carbonyl (C=O) groups is 2. The van der Waals surface area contributed by atoms with E-state index >= 15 is 0 Å². The van der Waals surface area contributed by atoms with Crippen molar-refractivity contribution in [1.29, 1.82) is 0 Å². The van der Waals surface area contributed by atoms with E-state index in [0.717, 1.165) is 12.8 Å². The zero-order valence-electron chi connectivity index (χ0n) is 10.6. The van der Waals surface area contributed by atoms with Crippen molar-refractivity contribution in [2.75, 3.05) is 13.7 Å². The Balaban J connectivity index is 2.20. The maximum Gasteiger partial charge on any atom is 0.328 e. The molecule has 0 saturated carbocycles. The van der Waals surface area contributed by atoms with E-state index in [2.05, 4.69) is 10.9 Å². The fourth-order valence-corrected chi connectivity index (χ4v) is 2.74. The quantitative estimate of drug-likeness (QED) is 0.604. The average molecular weight is 278 g/mol. The van der Waals surface area contributed by atoms with Crippen molar-refractivity contribution in [3.05, 3.63) is 16.1 Å². The highest BCUT2D eigenvalue weighted by molar-refractivity contribution is 7.10. The number of likely N-dealkylation sites (tertiary alicyclic amines) is 1. The lowest BCUT2D eigenvalue weighted by Gasteiger charge is -2.33. The van der Waals surface area contributed by atoms with Gasteiger partial charge in [-0.3, -0.25) is 4.79 Å². The topological polar surface area (TPSA) is 59.5 Å². The second-order valence-corrected chi connectivity index (χ2v) is 5.07. The van der Waals surface area contributed by atoms with E-state index in [1.165, 1.54) is 23.3 Å². The van der Waals surface area contributed by atoms with Crippen LogP contribution in [0.5, 0.6) is 0 Å². The zero-order chi connectivity index (χ0) is 13.8. The summed E-state index contributed by atoms with van der Waals surface area (Å²) in [5.74, 6) is 1.76. The highest BCUT2D eigenvalue weighted by Gasteiger charge is 2.34. The molecule has 0 aliphatic carbocycles. The third kappa shape index (κ3) is 2.76. The number of carbonyl (C=O) groups excluding carboxylic acids is 2. The van der Waals surface area contributed by atoms with Gasteiger partial charge in [0.15, 0.2) is 5.01 Å². The fourth-order valence-electron chi connectivity index (χ4n) is 2.14. The molecule has 1 aromatic heterocycles. The number of aromatic nitrogens is 1. The monoisotopic (exact) mass is 278 g/mol. The lowest BCUT2D eigenvalue weighted by molar-refractivity contribution is -0.147. The molecular formula is C13H14N2O3S. The van der Waals surface area contributed by atoms with Crippen LogP contribution in [0.1, 0.15) is 34.8 Å². The number of methoxy groups -OCH3 is 1. The van der Waals surface area contributed by atoms with Gasteiger partial charge in [0.2, 0.25) is 0 Å². The lowest BCUT2D eigenvalue weighted by Crippen LogP contribution is -2.48. The molecule has 0 aromatic carbocycles. The van der Waals surface area contributed by atoms with Crippen molar-refractivity contribution in [3.63, 3.8) is 0 Å². The molecule has 5 nitrogen and oxygen atoms in total. The summed E-state index contributed by atoms with van der Waals surface area (Å²) >= 11 is 1.25. The molecular weight excluding hydrogens is 264 g/mol. The van der Waals surface area contributed by atoms with Crippen LogP contribution in [0.2, 0.25) is 0 Å². The summed E-state index contributed by atoms with van der Waals surface area (Å²) in [6.45, 7) is 0.543. The van der Waals surface area contributed by atoms with Crippen LogP contribution in [0.25, 0.3) is 0 Å². The Bertz CT molecular complexity index is 532. The Morgan fingerprint density at radius 1 is 1.58 bits per heavy atom. The Kier molecular flexibility index (Phi) is 4.17. The van der Waals surface area contributed by atoms with Crippen LogP contribution in [-0.2, 0) is 9.53 Å². The summed E-state index contributed by atoms with van der Waals surface area (Å²) in [5.41, 5.74) is 0.300. The number of hydrogen-bond acceptors (Lipinski definition) is 5. The first-order valence-electron chi connectivity index (χ1n) is 5.98. The molecule has 6 heteroatoms. The predicted molar refractivity (Wildman–Crippen MR) is 70.7 cm³/mol. The molecule has 1 aromatic rings. The van der Waals surface area contributed by atoms with E-state index in [9.17, 15) is 9.59 Å². The van der Waals surface area contributed by atoms with E-state index in [-0.39, 0.29) is 11.9 Å². The molecule has 1 unspecified atom stereocenters. The van der Waals surface area contributed by atoms with Crippen molar-refractivity contribution in [2.24, 2.45) is 0 Å². The van der Waals surface area contributed by atoms with E-state index in [1.54, 1.807) is 5.38 Å². The van der Waals surface area contributed by atoms with E-state index in [0.29, 0.717) is 23.7 Å².